The fourth-order valence-electron chi connectivity index (χ4n) is 1.88. The van der Waals surface area contributed by atoms with Crippen LogP contribution in [0, 0.1) is 6.92 Å². The molecule has 0 bridgehead atoms. The van der Waals surface area contributed by atoms with E-state index in [1.165, 1.54) is 0 Å². The molecule has 0 saturated carbocycles. The van der Waals surface area contributed by atoms with Gasteiger partial charge >= 0.3 is 0 Å². The number of rotatable bonds is 3. The molecular weight excluding hydrogens is 284 g/mol. The number of nitrogens with zero attached hydrogens (tertiary/aromatic N) is 1. The van der Waals surface area contributed by atoms with Crippen molar-refractivity contribution in [3.63, 3.8) is 0 Å². The molecular formula is C12H15BrN2O2. The molecule has 0 aromatic carbocycles. The zero-order valence-electron chi connectivity index (χ0n) is 9.70. The minimum absolute atomic E-state index is 0.0101. The molecule has 1 atom stereocenters. The average molecular weight is 299 g/mol. The molecule has 17 heavy (non-hydrogen) atoms. The Balaban J connectivity index is 1.93. The Morgan fingerprint density at radius 2 is 2.47 bits per heavy atom. The van der Waals surface area contributed by atoms with Gasteiger partial charge in [0.15, 0.2) is 0 Å². The summed E-state index contributed by atoms with van der Waals surface area (Å²) < 4.78 is 6.20. The Hall–Kier alpha value is -0.940. The Labute approximate surface area is 109 Å². The monoisotopic (exact) mass is 298 g/mol. The number of carbonyl (C=O) groups is 1. The van der Waals surface area contributed by atoms with E-state index in [-0.39, 0.29) is 12.0 Å². The maximum atomic E-state index is 11.8. The van der Waals surface area contributed by atoms with E-state index in [9.17, 15) is 4.79 Å². The number of amides is 1. The van der Waals surface area contributed by atoms with Crippen LogP contribution in [0.4, 0.5) is 5.69 Å². The fourth-order valence-corrected chi connectivity index (χ4v) is 2.27. The summed E-state index contributed by atoms with van der Waals surface area (Å²) in [7, 11) is 0. The highest BCUT2D eigenvalue weighted by Gasteiger charge is 2.19. The molecule has 0 radical (unpaired) electrons. The molecule has 92 valence electrons. The first-order valence-corrected chi connectivity index (χ1v) is 6.49. The van der Waals surface area contributed by atoms with Crippen molar-refractivity contribution in [2.24, 2.45) is 0 Å². The number of hydrogen-bond donors (Lipinski definition) is 1. The number of pyridine rings is 1. The Kier molecular flexibility index (Phi) is 4.12. The third-order valence-corrected chi connectivity index (χ3v) is 3.20. The van der Waals surface area contributed by atoms with Gasteiger partial charge in [0.1, 0.15) is 4.60 Å². The molecule has 1 aromatic heterocycles. The number of ether oxygens (including phenoxy) is 1. The SMILES string of the molecule is Cc1nc(Br)ccc1NC(=O)CC1CCCO1. The van der Waals surface area contributed by atoms with Crippen LogP contribution in [0.1, 0.15) is 25.0 Å². The number of carbonyl (C=O) groups excluding carboxylic acids is 1. The summed E-state index contributed by atoms with van der Waals surface area (Å²) >= 11 is 3.29. The molecule has 1 fully saturated rings. The Morgan fingerprint density at radius 3 is 3.12 bits per heavy atom. The van der Waals surface area contributed by atoms with Gasteiger partial charge in [-0.3, -0.25) is 4.79 Å². The third kappa shape index (κ3) is 3.51. The van der Waals surface area contributed by atoms with Crippen molar-refractivity contribution >= 4 is 27.5 Å². The molecule has 1 N–H and O–H groups in total. The highest BCUT2D eigenvalue weighted by atomic mass is 79.9. The molecule has 1 saturated heterocycles. The molecule has 0 spiro atoms. The summed E-state index contributed by atoms with van der Waals surface area (Å²) in [6.45, 7) is 2.64. The van der Waals surface area contributed by atoms with E-state index in [1.807, 2.05) is 19.1 Å². The lowest BCUT2D eigenvalue weighted by atomic mass is 10.1. The van der Waals surface area contributed by atoms with E-state index in [4.69, 9.17) is 4.74 Å². The Bertz CT molecular complexity index is 417. The van der Waals surface area contributed by atoms with Crippen molar-refractivity contribution in [1.29, 1.82) is 0 Å². The van der Waals surface area contributed by atoms with Crippen molar-refractivity contribution in [2.75, 3.05) is 11.9 Å². The lowest BCUT2D eigenvalue weighted by Gasteiger charge is -2.11. The summed E-state index contributed by atoms with van der Waals surface area (Å²) in [5.41, 5.74) is 1.57. The minimum atomic E-state index is -0.0101. The normalized spacial score (nSPS) is 19.3. The lowest BCUT2D eigenvalue weighted by Crippen LogP contribution is -2.19. The fraction of sp³-hybridized carbons (Fsp3) is 0.500. The second-order valence-electron chi connectivity index (χ2n) is 4.15. The third-order valence-electron chi connectivity index (χ3n) is 2.76. The van der Waals surface area contributed by atoms with Crippen LogP contribution >= 0.6 is 15.9 Å². The zero-order valence-corrected chi connectivity index (χ0v) is 11.3. The maximum Gasteiger partial charge on any atom is 0.227 e. The molecule has 0 aliphatic carbocycles. The summed E-state index contributed by atoms with van der Waals surface area (Å²) in [5, 5.41) is 2.86. The minimum Gasteiger partial charge on any atom is -0.378 e. The number of halogens is 1. The van der Waals surface area contributed by atoms with Crippen LogP contribution in [-0.4, -0.2) is 23.6 Å². The van der Waals surface area contributed by atoms with Crippen LogP contribution in [0.5, 0.6) is 0 Å². The summed E-state index contributed by atoms with van der Waals surface area (Å²) in [6.07, 6.45) is 2.54. The van der Waals surface area contributed by atoms with Crippen LogP contribution in [-0.2, 0) is 9.53 Å². The van der Waals surface area contributed by atoms with Gasteiger partial charge in [0.2, 0.25) is 5.91 Å². The highest BCUT2D eigenvalue weighted by Crippen LogP contribution is 2.19. The summed E-state index contributed by atoms with van der Waals surface area (Å²) in [4.78, 5) is 16.0. The van der Waals surface area contributed by atoms with Crippen molar-refractivity contribution in [1.82, 2.24) is 4.98 Å². The van der Waals surface area contributed by atoms with Gasteiger partial charge < -0.3 is 10.1 Å². The molecule has 1 unspecified atom stereocenters. The lowest BCUT2D eigenvalue weighted by molar-refractivity contribution is -0.118. The van der Waals surface area contributed by atoms with Crippen LogP contribution < -0.4 is 5.32 Å². The van der Waals surface area contributed by atoms with E-state index < -0.39 is 0 Å². The number of aromatic nitrogens is 1. The van der Waals surface area contributed by atoms with E-state index in [0.717, 1.165) is 35.4 Å². The van der Waals surface area contributed by atoms with E-state index >= 15 is 0 Å². The predicted octanol–water partition coefficient (Wildman–Crippen LogP) is 2.66. The van der Waals surface area contributed by atoms with Gasteiger partial charge in [0.25, 0.3) is 0 Å². The van der Waals surface area contributed by atoms with Crippen LogP contribution in [0.3, 0.4) is 0 Å². The standard InChI is InChI=1S/C12H15BrN2O2/c1-8-10(4-5-11(13)14-8)15-12(16)7-9-3-2-6-17-9/h4-5,9H,2-3,6-7H2,1H3,(H,15,16). The average Bonchev–Trinajstić information content (AvgIpc) is 2.75. The zero-order chi connectivity index (χ0) is 12.3. The van der Waals surface area contributed by atoms with Crippen molar-refractivity contribution in [3.8, 4) is 0 Å². The smallest absolute Gasteiger partial charge is 0.227 e. The second-order valence-corrected chi connectivity index (χ2v) is 4.97. The predicted molar refractivity (Wildman–Crippen MR) is 68.9 cm³/mol. The van der Waals surface area contributed by atoms with Crippen LogP contribution in [0.2, 0.25) is 0 Å². The Morgan fingerprint density at radius 1 is 1.65 bits per heavy atom. The van der Waals surface area contributed by atoms with Gasteiger partial charge in [-0.25, -0.2) is 4.98 Å². The number of anilines is 1. The van der Waals surface area contributed by atoms with E-state index in [1.54, 1.807) is 0 Å². The van der Waals surface area contributed by atoms with Crippen molar-refractivity contribution in [2.45, 2.75) is 32.3 Å². The quantitative estimate of drug-likeness (QED) is 0.873. The number of aryl methyl sites for hydroxylation is 1. The molecule has 4 nitrogen and oxygen atoms in total. The molecule has 1 amide bonds. The summed E-state index contributed by atoms with van der Waals surface area (Å²) in [5.74, 6) is -0.0101. The van der Waals surface area contributed by atoms with Gasteiger partial charge in [0.05, 0.1) is 23.9 Å². The molecule has 5 heteroatoms. The number of hydrogen-bond acceptors (Lipinski definition) is 3. The number of nitrogens with one attached hydrogen (secondary N) is 1. The first kappa shape index (κ1) is 12.5. The molecule has 1 aromatic rings. The molecule has 2 heterocycles. The van der Waals surface area contributed by atoms with Crippen molar-refractivity contribution in [3.05, 3.63) is 22.4 Å². The van der Waals surface area contributed by atoms with Gasteiger partial charge in [-0.15, -0.1) is 0 Å². The van der Waals surface area contributed by atoms with Crippen molar-refractivity contribution < 1.29 is 9.53 Å². The maximum absolute atomic E-state index is 11.8. The summed E-state index contributed by atoms with van der Waals surface area (Å²) in [6, 6.07) is 3.66. The van der Waals surface area contributed by atoms with Gasteiger partial charge in [0, 0.05) is 6.61 Å². The van der Waals surface area contributed by atoms with E-state index in [0.29, 0.717) is 6.42 Å². The van der Waals surface area contributed by atoms with Crippen LogP contribution in [0.25, 0.3) is 0 Å². The first-order chi connectivity index (χ1) is 8.15. The van der Waals surface area contributed by atoms with Crippen LogP contribution in [0.15, 0.2) is 16.7 Å². The topological polar surface area (TPSA) is 51.2 Å². The van der Waals surface area contributed by atoms with E-state index in [2.05, 4.69) is 26.2 Å². The van der Waals surface area contributed by atoms with Gasteiger partial charge in [-0.2, -0.15) is 0 Å². The largest absolute Gasteiger partial charge is 0.378 e. The highest BCUT2D eigenvalue weighted by molar-refractivity contribution is 9.10. The first-order valence-electron chi connectivity index (χ1n) is 5.70. The van der Waals surface area contributed by atoms with Gasteiger partial charge in [-0.1, -0.05) is 0 Å². The molecule has 1 aliphatic rings. The van der Waals surface area contributed by atoms with Gasteiger partial charge in [-0.05, 0) is 47.8 Å². The molecule has 2 rings (SSSR count). The molecule has 1 aliphatic heterocycles. The second kappa shape index (κ2) is 5.60.